The van der Waals surface area contributed by atoms with Crippen LogP contribution in [0, 0.1) is 6.92 Å². The van der Waals surface area contributed by atoms with Gasteiger partial charge in [-0.2, -0.15) is 5.10 Å². The first-order valence-electron chi connectivity index (χ1n) is 6.73. The van der Waals surface area contributed by atoms with E-state index in [0.717, 1.165) is 35.7 Å². The van der Waals surface area contributed by atoms with Crippen LogP contribution in [0.25, 0.3) is 0 Å². The second-order valence-corrected chi connectivity index (χ2v) is 5.13. The number of furan rings is 1. The monoisotopic (exact) mass is 274 g/mol. The number of nitrogens with one attached hydrogen (secondary N) is 2. The number of hydrogen-bond acceptors (Lipinski definition) is 4. The van der Waals surface area contributed by atoms with E-state index >= 15 is 0 Å². The number of H-pyrrole nitrogens is 1. The first kappa shape index (κ1) is 12.9. The lowest BCUT2D eigenvalue weighted by Gasteiger charge is -2.17. The molecular formula is C14H18N4O2. The summed E-state index contributed by atoms with van der Waals surface area (Å²) in [5.74, 6) is 1.54. The number of hydrogen-bond donors (Lipinski definition) is 2. The van der Waals surface area contributed by atoms with Gasteiger partial charge in [-0.25, -0.2) is 0 Å². The van der Waals surface area contributed by atoms with Gasteiger partial charge in [0, 0.05) is 37.8 Å². The average molecular weight is 274 g/mol. The maximum atomic E-state index is 12.5. The van der Waals surface area contributed by atoms with Crippen LogP contribution in [0.5, 0.6) is 0 Å². The number of aryl methyl sites for hydroxylation is 1. The van der Waals surface area contributed by atoms with Gasteiger partial charge in [-0.05, 0) is 19.1 Å². The summed E-state index contributed by atoms with van der Waals surface area (Å²) in [7, 11) is 1.76. The molecule has 0 saturated carbocycles. The molecular weight excluding hydrogens is 256 g/mol. The number of carbonyl (C=O) groups is 1. The second kappa shape index (κ2) is 5.13. The van der Waals surface area contributed by atoms with Gasteiger partial charge >= 0.3 is 0 Å². The number of rotatable bonds is 3. The number of nitrogens with zero attached hydrogens (tertiary/aromatic N) is 2. The molecule has 1 aliphatic rings. The van der Waals surface area contributed by atoms with E-state index in [4.69, 9.17) is 4.42 Å². The smallest absolute Gasteiger partial charge is 0.274 e. The van der Waals surface area contributed by atoms with Gasteiger partial charge in [-0.1, -0.05) is 0 Å². The van der Waals surface area contributed by atoms with Gasteiger partial charge in [0.05, 0.1) is 6.54 Å². The van der Waals surface area contributed by atoms with E-state index in [2.05, 4.69) is 15.5 Å². The minimum Gasteiger partial charge on any atom is -0.464 e. The van der Waals surface area contributed by atoms with Crippen LogP contribution in [-0.4, -0.2) is 34.6 Å². The predicted octanol–water partition coefficient (Wildman–Crippen LogP) is 1.23. The molecule has 2 N–H and O–H groups in total. The Labute approximate surface area is 117 Å². The van der Waals surface area contributed by atoms with E-state index < -0.39 is 0 Å². The highest BCUT2D eigenvalue weighted by atomic mass is 16.3. The predicted molar refractivity (Wildman–Crippen MR) is 73.2 cm³/mol. The second-order valence-electron chi connectivity index (χ2n) is 5.13. The molecule has 0 bridgehead atoms. The van der Waals surface area contributed by atoms with Gasteiger partial charge in [-0.15, -0.1) is 0 Å². The molecule has 20 heavy (non-hydrogen) atoms. The quantitative estimate of drug-likeness (QED) is 0.883. The molecule has 0 radical (unpaired) electrons. The standard InChI is InChI=1S/C14H18N4O2/c1-9-3-4-10(20-9)8-18(2)14(19)13-11-7-15-6-5-12(11)16-17-13/h3-4,15H,5-8H2,1-2H3,(H,16,17). The van der Waals surface area contributed by atoms with Crippen molar-refractivity contribution in [3.63, 3.8) is 0 Å². The zero-order valence-electron chi connectivity index (χ0n) is 11.7. The highest BCUT2D eigenvalue weighted by Crippen LogP contribution is 2.18. The lowest BCUT2D eigenvalue weighted by molar-refractivity contribution is 0.0768. The van der Waals surface area contributed by atoms with Gasteiger partial charge in [0.2, 0.25) is 0 Å². The zero-order chi connectivity index (χ0) is 14.1. The van der Waals surface area contributed by atoms with Crippen molar-refractivity contribution in [2.75, 3.05) is 13.6 Å². The van der Waals surface area contributed by atoms with Crippen LogP contribution < -0.4 is 5.32 Å². The minimum atomic E-state index is -0.0831. The normalized spacial score (nSPS) is 14.1. The average Bonchev–Trinajstić information content (AvgIpc) is 3.04. The Hall–Kier alpha value is -2.08. The Kier molecular flexibility index (Phi) is 3.31. The SMILES string of the molecule is Cc1ccc(CN(C)C(=O)c2n[nH]c3c2CNCC3)o1. The van der Waals surface area contributed by atoms with Crippen LogP contribution in [0.3, 0.4) is 0 Å². The van der Waals surface area contributed by atoms with Crippen molar-refractivity contribution in [1.82, 2.24) is 20.4 Å². The van der Waals surface area contributed by atoms with E-state index in [-0.39, 0.29) is 5.91 Å². The molecule has 0 aliphatic carbocycles. The van der Waals surface area contributed by atoms with E-state index in [1.54, 1.807) is 11.9 Å². The largest absolute Gasteiger partial charge is 0.464 e. The van der Waals surface area contributed by atoms with Gasteiger partial charge in [-0.3, -0.25) is 9.89 Å². The van der Waals surface area contributed by atoms with Crippen LogP contribution in [0.1, 0.15) is 33.3 Å². The molecule has 3 heterocycles. The third kappa shape index (κ3) is 2.34. The van der Waals surface area contributed by atoms with Crippen molar-refractivity contribution in [2.45, 2.75) is 26.4 Å². The Bertz CT molecular complexity index is 629. The number of amides is 1. The van der Waals surface area contributed by atoms with Crippen LogP contribution in [0.2, 0.25) is 0 Å². The van der Waals surface area contributed by atoms with Gasteiger partial charge in [0.15, 0.2) is 5.69 Å². The number of fused-ring (bicyclic) bond motifs is 1. The first-order chi connectivity index (χ1) is 9.65. The number of aromatic amines is 1. The molecule has 2 aromatic rings. The highest BCUT2D eigenvalue weighted by molar-refractivity contribution is 5.93. The summed E-state index contributed by atoms with van der Waals surface area (Å²) in [6.07, 6.45) is 0.886. The maximum Gasteiger partial charge on any atom is 0.274 e. The zero-order valence-corrected chi connectivity index (χ0v) is 11.7. The molecule has 3 rings (SSSR count). The fourth-order valence-electron chi connectivity index (χ4n) is 2.46. The van der Waals surface area contributed by atoms with Crippen molar-refractivity contribution in [3.05, 3.63) is 40.6 Å². The molecule has 6 heteroatoms. The molecule has 1 amide bonds. The summed E-state index contributed by atoms with van der Waals surface area (Å²) in [6.45, 7) is 3.95. The summed E-state index contributed by atoms with van der Waals surface area (Å²) < 4.78 is 5.50. The van der Waals surface area contributed by atoms with Gasteiger partial charge in [0.1, 0.15) is 11.5 Å². The maximum absolute atomic E-state index is 12.5. The number of aromatic nitrogens is 2. The number of carbonyl (C=O) groups excluding carboxylic acids is 1. The summed E-state index contributed by atoms with van der Waals surface area (Å²) in [5.41, 5.74) is 2.57. The lowest BCUT2D eigenvalue weighted by Crippen LogP contribution is -2.29. The van der Waals surface area contributed by atoms with E-state index in [0.29, 0.717) is 18.8 Å². The minimum absolute atomic E-state index is 0.0831. The van der Waals surface area contributed by atoms with Crippen LogP contribution in [0.15, 0.2) is 16.5 Å². The molecule has 1 aliphatic heterocycles. The van der Waals surface area contributed by atoms with Crippen LogP contribution >= 0.6 is 0 Å². The Balaban J connectivity index is 1.76. The summed E-state index contributed by atoms with van der Waals surface area (Å²) in [4.78, 5) is 14.1. The molecule has 0 fully saturated rings. The molecule has 0 saturated heterocycles. The van der Waals surface area contributed by atoms with Crippen molar-refractivity contribution in [1.29, 1.82) is 0 Å². The summed E-state index contributed by atoms with van der Waals surface area (Å²) in [5, 5.41) is 10.4. The molecule has 0 atom stereocenters. The molecule has 0 aromatic carbocycles. The van der Waals surface area contributed by atoms with E-state index in [9.17, 15) is 4.79 Å². The third-order valence-corrected chi connectivity index (χ3v) is 3.54. The third-order valence-electron chi connectivity index (χ3n) is 3.54. The summed E-state index contributed by atoms with van der Waals surface area (Å²) >= 11 is 0. The van der Waals surface area contributed by atoms with Gasteiger partial charge < -0.3 is 14.6 Å². The van der Waals surface area contributed by atoms with Crippen LogP contribution in [-0.2, 0) is 19.5 Å². The van der Waals surface area contributed by atoms with Crippen molar-refractivity contribution >= 4 is 5.91 Å². The topological polar surface area (TPSA) is 74.2 Å². The van der Waals surface area contributed by atoms with Crippen molar-refractivity contribution in [3.8, 4) is 0 Å². The molecule has 6 nitrogen and oxygen atoms in total. The Morgan fingerprint density at radius 1 is 1.50 bits per heavy atom. The molecule has 0 spiro atoms. The van der Waals surface area contributed by atoms with E-state index in [1.807, 2.05) is 19.1 Å². The van der Waals surface area contributed by atoms with Gasteiger partial charge in [0.25, 0.3) is 5.91 Å². The van der Waals surface area contributed by atoms with Crippen molar-refractivity contribution in [2.24, 2.45) is 0 Å². The first-order valence-corrected chi connectivity index (χ1v) is 6.73. The molecule has 106 valence electrons. The molecule has 2 aromatic heterocycles. The summed E-state index contributed by atoms with van der Waals surface area (Å²) in [6, 6.07) is 3.79. The highest BCUT2D eigenvalue weighted by Gasteiger charge is 2.24. The van der Waals surface area contributed by atoms with E-state index in [1.165, 1.54) is 0 Å². The molecule has 0 unspecified atom stereocenters. The lowest BCUT2D eigenvalue weighted by atomic mass is 10.1. The fourth-order valence-corrected chi connectivity index (χ4v) is 2.46. The van der Waals surface area contributed by atoms with Crippen LogP contribution in [0.4, 0.5) is 0 Å². The Morgan fingerprint density at radius 3 is 3.10 bits per heavy atom. The Morgan fingerprint density at radius 2 is 2.35 bits per heavy atom. The fraction of sp³-hybridized carbons (Fsp3) is 0.429. The van der Waals surface area contributed by atoms with Crippen molar-refractivity contribution < 1.29 is 9.21 Å².